The quantitative estimate of drug-likeness (QED) is 0.677. The Balaban J connectivity index is 1.71. The van der Waals surface area contributed by atoms with Gasteiger partial charge >= 0.3 is 0 Å². The van der Waals surface area contributed by atoms with Gasteiger partial charge in [-0.15, -0.1) is 0 Å². The van der Waals surface area contributed by atoms with Crippen LogP contribution in [-0.4, -0.2) is 22.2 Å². The van der Waals surface area contributed by atoms with Crippen LogP contribution in [0, 0.1) is 13.8 Å². The van der Waals surface area contributed by atoms with Gasteiger partial charge in [0.05, 0.1) is 11.7 Å². The molecule has 0 fully saturated rings. The first-order valence-corrected chi connectivity index (χ1v) is 9.55. The molecule has 0 saturated carbocycles. The molecule has 0 bridgehead atoms. The number of hydrogen-bond acceptors (Lipinski definition) is 4. The van der Waals surface area contributed by atoms with Crippen molar-refractivity contribution in [3.8, 4) is 0 Å². The van der Waals surface area contributed by atoms with E-state index in [2.05, 4.69) is 27.9 Å². The molecule has 0 aliphatic carbocycles. The molecule has 3 aromatic heterocycles. The van der Waals surface area contributed by atoms with Crippen LogP contribution < -0.4 is 5.32 Å². The Morgan fingerprint density at radius 3 is 2.71 bits per heavy atom. The predicted octanol–water partition coefficient (Wildman–Crippen LogP) is 4.04. The molecule has 1 amide bonds. The van der Waals surface area contributed by atoms with Crippen LogP contribution in [0.1, 0.15) is 28.6 Å². The van der Waals surface area contributed by atoms with E-state index in [1.807, 2.05) is 46.8 Å². The van der Waals surface area contributed by atoms with Gasteiger partial charge in [-0.05, 0) is 70.8 Å². The van der Waals surface area contributed by atoms with Crippen molar-refractivity contribution in [3.05, 3.63) is 68.3 Å². The predicted molar refractivity (Wildman–Crippen MR) is 101 cm³/mol. The van der Waals surface area contributed by atoms with E-state index in [0.717, 1.165) is 22.5 Å². The van der Waals surface area contributed by atoms with Crippen LogP contribution in [0.5, 0.6) is 0 Å². The Morgan fingerprint density at radius 1 is 1.29 bits per heavy atom. The van der Waals surface area contributed by atoms with E-state index in [4.69, 9.17) is 0 Å². The molecule has 1 N–H and O–H groups in total. The first kappa shape index (κ1) is 16.7. The molecule has 0 saturated heterocycles. The van der Waals surface area contributed by atoms with Gasteiger partial charge in [-0.2, -0.15) is 27.8 Å². The van der Waals surface area contributed by atoms with E-state index in [1.165, 1.54) is 0 Å². The van der Waals surface area contributed by atoms with Gasteiger partial charge in [-0.25, -0.2) is 0 Å². The highest BCUT2D eigenvalue weighted by molar-refractivity contribution is 7.08. The summed E-state index contributed by atoms with van der Waals surface area (Å²) < 4.78 is 1.99. The summed E-state index contributed by atoms with van der Waals surface area (Å²) in [6.07, 6.45) is 3.41. The molecule has 3 rings (SSSR count). The summed E-state index contributed by atoms with van der Waals surface area (Å²) in [5.74, 6) is -0.0945. The lowest BCUT2D eigenvalue weighted by atomic mass is 10.1. The first-order chi connectivity index (χ1) is 11.6. The van der Waals surface area contributed by atoms with Crippen molar-refractivity contribution in [2.24, 2.45) is 0 Å². The lowest BCUT2D eigenvalue weighted by molar-refractivity contribution is -0.116. The van der Waals surface area contributed by atoms with Crippen molar-refractivity contribution in [1.29, 1.82) is 0 Å². The van der Waals surface area contributed by atoms with Crippen LogP contribution in [0.4, 0.5) is 0 Å². The largest absolute Gasteiger partial charge is 0.350 e. The average Bonchev–Trinajstić information content (AvgIpc) is 3.29. The number of aromatic nitrogens is 2. The zero-order valence-corrected chi connectivity index (χ0v) is 15.2. The van der Waals surface area contributed by atoms with E-state index in [0.29, 0.717) is 6.54 Å². The van der Waals surface area contributed by atoms with Crippen LogP contribution in [0.2, 0.25) is 0 Å². The van der Waals surface area contributed by atoms with Gasteiger partial charge in [0.15, 0.2) is 0 Å². The maximum absolute atomic E-state index is 12.1. The fraction of sp³-hybridized carbons (Fsp3) is 0.222. The Labute approximate surface area is 149 Å². The van der Waals surface area contributed by atoms with Crippen molar-refractivity contribution < 1.29 is 4.79 Å². The molecule has 1 atom stereocenters. The Bertz CT molecular complexity index is 817. The molecular formula is C18H19N3OS2. The monoisotopic (exact) mass is 357 g/mol. The molecule has 6 heteroatoms. The number of amides is 1. The highest BCUT2D eigenvalue weighted by Crippen LogP contribution is 2.22. The van der Waals surface area contributed by atoms with Gasteiger partial charge in [0.2, 0.25) is 5.91 Å². The highest BCUT2D eigenvalue weighted by Gasteiger charge is 2.18. The number of nitrogens with one attached hydrogen (secondary N) is 1. The Hall–Kier alpha value is -2.18. The van der Waals surface area contributed by atoms with E-state index < -0.39 is 0 Å². The topological polar surface area (TPSA) is 46.9 Å². The maximum atomic E-state index is 12.1. The summed E-state index contributed by atoms with van der Waals surface area (Å²) in [7, 11) is 0. The molecule has 0 unspecified atom stereocenters. The van der Waals surface area contributed by atoms with Gasteiger partial charge in [-0.1, -0.05) is 0 Å². The molecule has 24 heavy (non-hydrogen) atoms. The summed E-state index contributed by atoms with van der Waals surface area (Å²) in [4.78, 5) is 12.1. The maximum Gasteiger partial charge on any atom is 0.244 e. The molecule has 0 aliphatic rings. The van der Waals surface area contributed by atoms with Crippen molar-refractivity contribution >= 4 is 34.7 Å². The summed E-state index contributed by atoms with van der Waals surface area (Å²) in [6.45, 7) is 4.53. The van der Waals surface area contributed by atoms with Crippen molar-refractivity contribution in [2.75, 3.05) is 6.54 Å². The van der Waals surface area contributed by atoms with E-state index in [-0.39, 0.29) is 11.9 Å². The zero-order valence-electron chi connectivity index (χ0n) is 13.6. The molecule has 3 aromatic rings. The first-order valence-electron chi connectivity index (χ1n) is 7.66. The van der Waals surface area contributed by atoms with Gasteiger partial charge in [0.1, 0.15) is 0 Å². The molecule has 124 valence electrons. The van der Waals surface area contributed by atoms with Crippen LogP contribution in [-0.2, 0) is 4.79 Å². The number of aryl methyl sites for hydroxylation is 2. The smallest absolute Gasteiger partial charge is 0.244 e. The number of rotatable bonds is 6. The van der Waals surface area contributed by atoms with Crippen LogP contribution in [0.15, 0.2) is 45.8 Å². The molecule has 0 aromatic carbocycles. The second-order valence-corrected chi connectivity index (χ2v) is 7.14. The Morgan fingerprint density at radius 2 is 2.08 bits per heavy atom. The van der Waals surface area contributed by atoms with Crippen molar-refractivity contribution in [2.45, 2.75) is 19.9 Å². The lowest BCUT2D eigenvalue weighted by Crippen LogP contribution is -2.30. The third kappa shape index (κ3) is 4.01. The Kier molecular flexibility index (Phi) is 5.27. The van der Waals surface area contributed by atoms with Crippen molar-refractivity contribution in [3.63, 3.8) is 0 Å². The molecule has 0 aliphatic heterocycles. The summed E-state index contributed by atoms with van der Waals surface area (Å²) in [5, 5.41) is 15.7. The second kappa shape index (κ2) is 7.59. The van der Waals surface area contributed by atoms with E-state index in [9.17, 15) is 4.79 Å². The van der Waals surface area contributed by atoms with Gasteiger partial charge in [0, 0.05) is 18.3 Å². The number of carbonyl (C=O) groups is 1. The summed E-state index contributed by atoms with van der Waals surface area (Å²) >= 11 is 3.27. The number of carbonyl (C=O) groups excluding carboxylic acids is 1. The van der Waals surface area contributed by atoms with Gasteiger partial charge in [0.25, 0.3) is 0 Å². The minimum absolute atomic E-state index is 0.00319. The summed E-state index contributed by atoms with van der Waals surface area (Å²) in [5.41, 5.74) is 4.28. The standard InChI is InChI=1S/C18H19N3OS2/c1-13-9-14(2)21(20-13)17(16-6-8-24-12-16)10-19-18(22)4-3-15-5-7-23-11-15/h3-9,11-12,17H,10H2,1-2H3,(H,19,22)/b4-3+/t17-/m0/s1. The van der Waals surface area contributed by atoms with E-state index in [1.54, 1.807) is 28.7 Å². The zero-order chi connectivity index (χ0) is 16.9. The molecule has 4 nitrogen and oxygen atoms in total. The van der Waals surface area contributed by atoms with E-state index >= 15 is 0 Å². The minimum Gasteiger partial charge on any atom is -0.350 e. The van der Waals surface area contributed by atoms with Gasteiger partial charge < -0.3 is 5.32 Å². The number of hydrogen-bond donors (Lipinski definition) is 1. The fourth-order valence-electron chi connectivity index (χ4n) is 2.57. The summed E-state index contributed by atoms with van der Waals surface area (Å²) in [6, 6.07) is 6.12. The number of thiophene rings is 2. The van der Waals surface area contributed by atoms with Crippen molar-refractivity contribution in [1.82, 2.24) is 15.1 Å². The number of nitrogens with zero attached hydrogens (tertiary/aromatic N) is 2. The lowest BCUT2D eigenvalue weighted by Gasteiger charge is -2.18. The molecular weight excluding hydrogens is 338 g/mol. The third-order valence-corrected chi connectivity index (χ3v) is 5.11. The second-order valence-electron chi connectivity index (χ2n) is 5.58. The average molecular weight is 358 g/mol. The third-order valence-electron chi connectivity index (χ3n) is 3.71. The van der Waals surface area contributed by atoms with Crippen LogP contribution >= 0.6 is 22.7 Å². The molecule has 0 radical (unpaired) electrons. The SMILES string of the molecule is Cc1cc(C)n([C@@H](CNC(=O)/C=C/c2ccsc2)c2ccsc2)n1. The van der Waals surface area contributed by atoms with Crippen LogP contribution in [0.25, 0.3) is 6.08 Å². The fourth-order valence-corrected chi connectivity index (χ4v) is 3.91. The minimum atomic E-state index is -0.0945. The highest BCUT2D eigenvalue weighted by atomic mass is 32.1. The van der Waals surface area contributed by atoms with Gasteiger partial charge in [-0.3, -0.25) is 9.48 Å². The normalized spacial score (nSPS) is 12.6. The van der Waals surface area contributed by atoms with Crippen LogP contribution in [0.3, 0.4) is 0 Å². The molecule has 3 heterocycles. The molecule has 0 spiro atoms.